The van der Waals surface area contributed by atoms with Gasteiger partial charge in [0.05, 0.1) is 0 Å². The monoisotopic (exact) mass is 336 g/mol. The minimum Gasteiger partial charge on any atom is -0.337 e. The lowest BCUT2D eigenvalue weighted by atomic mass is 10.1. The van der Waals surface area contributed by atoms with Crippen LogP contribution in [-0.4, -0.2) is 23.8 Å². The van der Waals surface area contributed by atoms with E-state index in [1.165, 1.54) is 0 Å². The molecule has 1 N–H and O–H groups in total. The van der Waals surface area contributed by atoms with E-state index in [2.05, 4.69) is 5.32 Å². The van der Waals surface area contributed by atoms with Crippen LogP contribution in [0.25, 0.3) is 0 Å². The van der Waals surface area contributed by atoms with Crippen molar-refractivity contribution in [2.45, 2.75) is 32.2 Å². The summed E-state index contributed by atoms with van der Waals surface area (Å²) in [6.45, 7) is 0.554. The highest BCUT2D eigenvalue weighted by atomic mass is 16.2. The maximum absolute atomic E-state index is 12.7. The topological polar surface area (TPSA) is 49.4 Å². The van der Waals surface area contributed by atoms with Crippen LogP contribution >= 0.6 is 0 Å². The second kappa shape index (κ2) is 7.97. The van der Waals surface area contributed by atoms with Crippen LogP contribution in [0.1, 0.15) is 41.6 Å². The lowest BCUT2D eigenvalue weighted by molar-refractivity contribution is -0.119. The van der Waals surface area contributed by atoms with E-state index >= 15 is 0 Å². The zero-order chi connectivity index (χ0) is 17.6. The van der Waals surface area contributed by atoms with E-state index in [0.29, 0.717) is 17.8 Å². The normalized spacial score (nSPS) is 14.3. The van der Waals surface area contributed by atoms with Crippen molar-refractivity contribution in [3.05, 3.63) is 65.7 Å². The fourth-order valence-electron chi connectivity index (χ4n) is 3.31. The predicted octanol–water partition coefficient (Wildman–Crippen LogP) is 4.09. The molecule has 0 spiro atoms. The van der Waals surface area contributed by atoms with Gasteiger partial charge in [-0.05, 0) is 36.6 Å². The number of amides is 2. The molecule has 4 heteroatoms. The van der Waals surface area contributed by atoms with Crippen LogP contribution in [-0.2, 0) is 11.3 Å². The van der Waals surface area contributed by atoms with E-state index in [-0.39, 0.29) is 17.7 Å². The molecule has 0 aromatic heterocycles. The van der Waals surface area contributed by atoms with Crippen molar-refractivity contribution in [2.24, 2.45) is 5.92 Å². The van der Waals surface area contributed by atoms with E-state index in [1.54, 1.807) is 24.1 Å². The third-order valence-electron chi connectivity index (χ3n) is 4.71. The first-order chi connectivity index (χ1) is 12.1. The molecule has 1 fully saturated rings. The quantitative estimate of drug-likeness (QED) is 0.894. The Balaban J connectivity index is 1.65. The molecule has 0 aliphatic heterocycles. The van der Waals surface area contributed by atoms with E-state index in [0.717, 1.165) is 31.2 Å². The molecule has 130 valence electrons. The molecule has 0 atom stereocenters. The van der Waals surface area contributed by atoms with Gasteiger partial charge in [-0.15, -0.1) is 0 Å². The van der Waals surface area contributed by atoms with Gasteiger partial charge in [-0.25, -0.2) is 0 Å². The molecule has 0 bridgehead atoms. The Bertz CT molecular complexity index is 737. The summed E-state index contributed by atoms with van der Waals surface area (Å²) in [6, 6.07) is 17.1. The van der Waals surface area contributed by atoms with Crippen LogP contribution in [0, 0.1) is 5.92 Å². The third-order valence-corrected chi connectivity index (χ3v) is 4.71. The van der Waals surface area contributed by atoms with E-state index in [4.69, 9.17) is 0 Å². The standard InChI is InChI=1S/C21H24N2O2/c1-23(15-16-8-3-2-4-9-16)21(25)18-12-7-13-19(14-18)22-20(24)17-10-5-6-11-17/h2-4,7-9,12-14,17H,5-6,10-11,15H2,1H3,(H,22,24). The van der Waals surface area contributed by atoms with Crippen LogP contribution in [0.3, 0.4) is 0 Å². The minimum atomic E-state index is -0.0548. The molecule has 3 rings (SSSR count). The molecule has 0 radical (unpaired) electrons. The lowest BCUT2D eigenvalue weighted by Crippen LogP contribution is -2.26. The molecule has 2 aromatic rings. The number of rotatable bonds is 5. The summed E-state index contributed by atoms with van der Waals surface area (Å²) in [5.41, 5.74) is 2.36. The van der Waals surface area contributed by atoms with Crippen molar-refractivity contribution < 1.29 is 9.59 Å². The Hall–Kier alpha value is -2.62. The highest BCUT2D eigenvalue weighted by Crippen LogP contribution is 2.26. The van der Waals surface area contributed by atoms with Gasteiger partial charge in [0.25, 0.3) is 5.91 Å². The summed E-state index contributed by atoms with van der Waals surface area (Å²) >= 11 is 0. The van der Waals surface area contributed by atoms with Crippen molar-refractivity contribution in [3.63, 3.8) is 0 Å². The summed E-state index contributed by atoms with van der Waals surface area (Å²) in [5, 5.41) is 2.96. The Morgan fingerprint density at radius 1 is 1.04 bits per heavy atom. The van der Waals surface area contributed by atoms with Crippen molar-refractivity contribution >= 4 is 17.5 Å². The highest BCUT2D eigenvalue weighted by Gasteiger charge is 2.22. The zero-order valence-corrected chi connectivity index (χ0v) is 14.6. The van der Waals surface area contributed by atoms with Gasteiger partial charge >= 0.3 is 0 Å². The maximum Gasteiger partial charge on any atom is 0.253 e. The largest absolute Gasteiger partial charge is 0.337 e. The smallest absolute Gasteiger partial charge is 0.253 e. The molecule has 2 aromatic carbocycles. The predicted molar refractivity (Wildman–Crippen MR) is 99.3 cm³/mol. The molecule has 1 aliphatic carbocycles. The number of hydrogen-bond acceptors (Lipinski definition) is 2. The van der Waals surface area contributed by atoms with E-state index < -0.39 is 0 Å². The number of carbonyl (C=O) groups excluding carboxylic acids is 2. The zero-order valence-electron chi connectivity index (χ0n) is 14.6. The number of carbonyl (C=O) groups is 2. The molecule has 0 saturated heterocycles. The number of anilines is 1. The summed E-state index contributed by atoms with van der Waals surface area (Å²) < 4.78 is 0. The van der Waals surface area contributed by atoms with E-state index in [1.807, 2.05) is 42.5 Å². The first kappa shape index (κ1) is 17.2. The Morgan fingerprint density at radius 2 is 1.76 bits per heavy atom. The third kappa shape index (κ3) is 4.47. The Morgan fingerprint density at radius 3 is 2.48 bits per heavy atom. The lowest BCUT2D eigenvalue weighted by Gasteiger charge is -2.18. The maximum atomic E-state index is 12.7. The molecule has 4 nitrogen and oxygen atoms in total. The fraction of sp³-hybridized carbons (Fsp3) is 0.333. The van der Waals surface area contributed by atoms with Gasteiger partial charge in [0.1, 0.15) is 0 Å². The fourth-order valence-corrected chi connectivity index (χ4v) is 3.31. The van der Waals surface area contributed by atoms with Gasteiger partial charge in [0, 0.05) is 30.8 Å². The molecular formula is C21H24N2O2. The van der Waals surface area contributed by atoms with Crippen LogP contribution in [0.2, 0.25) is 0 Å². The molecule has 0 heterocycles. The summed E-state index contributed by atoms with van der Waals surface area (Å²) in [5.74, 6) is 0.126. The summed E-state index contributed by atoms with van der Waals surface area (Å²) in [4.78, 5) is 26.6. The van der Waals surface area contributed by atoms with Crippen LogP contribution in [0.15, 0.2) is 54.6 Å². The number of nitrogens with one attached hydrogen (secondary N) is 1. The second-order valence-corrected chi connectivity index (χ2v) is 6.70. The average molecular weight is 336 g/mol. The first-order valence-corrected chi connectivity index (χ1v) is 8.84. The van der Waals surface area contributed by atoms with E-state index in [9.17, 15) is 9.59 Å². The van der Waals surface area contributed by atoms with Crippen molar-refractivity contribution in [1.29, 1.82) is 0 Å². The molecule has 25 heavy (non-hydrogen) atoms. The second-order valence-electron chi connectivity index (χ2n) is 6.70. The number of hydrogen-bond donors (Lipinski definition) is 1. The molecule has 2 amide bonds. The molecular weight excluding hydrogens is 312 g/mol. The van der Waals surface area contributed by atoms with Gasteiger partial charge < -0.3 is 10.2 Å². The minimum absolute atomic E-state index is 0.0548. The number of benzene rings is 2. The Kier molecular flexibility index (Phi) is 5.49. The van der Waals surface area contributed by atoms with Gasteiger partial charge in [-0.3, -0.25) is 9.59 Å². The molecule has 1 aliphatic rings. The van der Waals surface area contributed by atoms with Gasteiger partial charge in [-0.1, -0.05) is 49.2 Å². The first-order valence-electron chi connectivity index (χ1n) is 8.84. The van der Waals surface area contributed by atoms with Crippen LogP contribution in [0.4, 0.5) is 5.69 Å². The Labute approximate surface area is 148 Å². The van der Waals surface area contributed by atoms with Crippen LogP contribution in [0.5, 0.6) is 0 Å². The van der Waals surface area contributed by atoms with Gasteiger partial charge in [0.15, 0.2) is 0 Å². The SMILES string of the molecule is CN(Cc1ccccc1)C(=O)c1cccc(NC(=O)C2CCCC2)c1. The van der Waals surface area contributed by atoms with Crippen molar-refractivity contribution in [1.82, 2.24) is 4.90 Å². The van der Waals surface area contributed by atoms with Crippen molar-refractivity contribution in [3.8, 4) is 0 Å². The average Bonchev–Trinajstić information content (AvgIpc) is 3.17. The van der Waals surface area contributed by atoms with Gasteiger partial charge in [0.2, 0.25) is 5.91 Å². The highest BCUT2D eigenvalue weighted by molar-refractivity contribution is 5.97. The molecule has 1 saturated carbocycles. The summed E-state index contributed by atoms with van der Waals surface area (Å²) in [6.07, 6.45) is 4.18. The summed E-state index contributed by atoms with van der Waals surface area (Å²) in [7, 11) is 1.79. The molecule has 0 unspecified atom stereocenters. The van der Waals surface area contributed by atoms with Crippen molar-refractivity contribution in [2.75, 3.05) is 12.4 Å². The van der Waals surface area contributed by atoms with Gasteiger partial charge in [-0.2, -0.15) is 0 Å². The van der Waals surface area contributed by atoms with Crippen LogP contribution < -0.4 is 5.32 Å². The number of nitrogens with zero attached hydrogens (tertiary/aromatic N) is 1.